The van der Waals surface area contributed by atoms with Crippen LogP contribution in [0.5, 0.6) is 0 Å². The molecular weight excluding hydrogens is 178 g/mol. The number of carbonyl (C=O) groups is 1. The zero-order valence-electron chi connectivity index (χ0n) is 8.07. The van der Waals surface area contributed by atoms with E-state index in [4.69, 9.17) is 5.73 Å². The zero-order valence-corrected chi connectivity index (χ0v) is 8.07. The zero-order chi connectivity index (χ0) is 9.97. The highest BCUT2D eigenvalue weighted by Gasteiger charge is 2.14. The van der Waals surface area contributed by atoms with Crippen LogP contribution in [0.2, 0.25) is 0 Å². The van der Waals surface area contributed by atoms with Crippen LogP contribution in [0.15, 0.2) is 18.5 Å². The van der Waals surface area contributed by atoms with Gasteiger partial charge in [0.1, 0.15) is 0 Å². The quantitative estimate of drug-likeness (QED) is 0.719. The van der Waals surface area contributed by atoms with Crippen LogP contribution in [0.4, 0.5) is 0 Å². The lowest BCUT2D eigenvalue weighted by Crippen LogP contribution is -2.31. The Labute approximate surface area is 83.1 Å². The molecule has 1 aromatic rings. The maximum absolute atomic E-state index is 10.9. The van der Waals surface area contributed by atoms with E-state index in [1.54, 1.807) is 6.07 Å². The van der Waals surface area contributed by atoms with Gasteiger partial charge in [0.2, 0.25) is 5.91 Å². The Morgan fingerprint density at radius 2 is 2.50 bits per heavy atom. The number of nitrogens with zero attached hydrogens (tertiary/aromatic N) is 1. The largest absolute Gasteiger partial charge is 0.366 e. The first kappa shape index (κ1) is 9.27. The van der Waals surface area contributed by atoms with Crippen molar-refractivity contribution in [2.24, 2.45) is 5.73 Å². The van der Waals surface area contributed by atoms with Gasteiger partial charge >= 0.3 is 0 Å². The number of hydrogen-bond donors (Lipinski definition) is 2. The number of hydrogen-bond acceptors (Lipinski definition) is 2. The van der Waals surface area contributed by atoms with Crippen LogP contribution < -0.4 is 11.1 Å². The fourth-order valence-electron chi connectivity index (χ4n) is 1.87. The van der Waals surface area contributed by atoms with E-state index < -0.39 is 0 Å². The summed E-state index contributed by atoms with van der Waals surface area (Å²) in [6.07, 6.45) is 6.12. The Morgan fingerprint density at radius 3 is 3.07 bits per heavy atom. The summed E-state index contributed by atoms with van der Waals surface area (Å²) in [5.74, 6) is -0.354. The number of nitrogens with two attached hydrogens (primary N) is 1. The maximum Gasteiger partial charge on any atom is 0.250 e. The number of amides is 1. The first-order chi connectivity index (χ1) is 6.77. The second-order valence-electron chi connectivity index (χ2n) is 3.71. The van der Waals surface area contributed by atoms with Crippen molar-refractivity contribution >= 4 is 5.91 Å². The number of rotatable bonds is 2. The summed E-state index contributed by atoms with van der Waals surface area (Å²) in [7, 11) is 0. The molecule has 2 rings (SSSR count). The minimum Gasteiger partial charge on any atom is -0.366 e. The summed E-state index contributed by atoms with van der Waals surface area (Å²) in [5, 5.41) is 3.33. The first-order valence-electron chi connectivity index (χ1n) is 4.95. The molecule has 0 aromatic carbocycles. The maximum atomic E-state index is 10.9. The highest BCUT2D eigenvalue weighted by Crippen LogP contribution is 2.17. The van der Waals surface area contributed by atoms with E-state index in [1.165, 1.54) is 12.8 Å². The van der Waals surface area contributed by atoms with Crippen LogP contribution in [-0.2, 0) is 0 Å². The van der Waals surface area contributed by atoms with Crippen LogP contribution >= 0.6 is 0 Å². The van der Waals surface area contributed by atoms with Crippen molar-refractivity contribution in [2.45, 2.75) is 18.9 Å². The van der Waals surface area contributed by atoms with Gasteiger partial charge in [-0.05, 0) is 25.5 Å². The third-order valence-electron chi connectivity index (χ3n) is 2.69. The summed E-state index contributed by atoms with van der Waals surface area (Å²) in [6.45, 7) is 2.08. The van der Waals surface area contributed by atoms with Crippen LogP contribution in [0.1, 0.15) is 29.2 Å². The van der Waals surface area contributed by atoms with Gasteiger partial charge in [-0.2, -0.15) is 0 Å². The standard InChI is InChI=1S/C10H15N3O/c11-10(14)8-3-5-13(7-8)9-2-1-4-12-6-9/h3,5,7,9,12H,1-2,4,6H2,(H2,11,14). The molecule has 1 amide bonds. The van der Waals surface area contributed by atoms with Gasteiger partial charge < -0.3 is 15.6 Å². The molecule has 0 saturated carbocycles. The lowest BCUT2D eigenvalue weighted by atomic mass is 10.1. The van der Waals surface area contributed by atoms with Gasteiger partial charge in [-0.15, -0.1) is 0 Å². The van der Waals surface area contributed by atoms with Gasteiger partial charge in [-0.25, -0.2) is 0 Å². The van der Waals surface area contributed by atoms with Crippen LogP contribution in [0.3, 0.4) is 0 Å². The summed E-state index contributed by atoms with van der Waals surface area (Å²) in [4.78, 5) is 10.9. The third kappa shape index (κ3) is 1.80. The molecule has 3 N–H and O–H groups in total. The molecular formula is C10H15N3O. The van der Waals surface area contributed by atoms with Gasteiger partial charge in [-0.3, -0.25) is 4.79 Å². The predicted molar refractivity (Wildman–Crippen MR) is 54.1 cm³/mol. The number of aromatic nitrogens is 1. The topological polar surface area (TPSA) is 60.1 Å². The molecule has 0 radical (unpaired) electrons. The Hall–Kier alpha value is -1.29. The molecule has 0 spiro atoms. The minimum absolute atomic E-state index is 0.354. The summed E-state index contributed by atoms with van der Waals surface area (Å²) in [6, 6.07) is 2.24. The smallest absolute Gasteiger partial charge is 0.250 e. The van der Waals surface area contributed by atoms with Gasteiger partial charge in [0.25, 0.3) is 0 Å². The molecule has 1 unspecified atom stereocenters. The lowest BCUT2D eigenvalue weighted by molar-refractivity contribution is 0.1000. The SMILES string of the molecule is NC(=O)c1ccn(C2CCCNC2)c1. The molecule has 14 heavy (non-hydrogen) atoms. The Bertz CT molecular complexity index is 326. The summed E-state index contributed by atoms with van der Waals surface area (Å²) in [5.41, 5.74) is 5.78. The summed E-state index contributed by atoms with van der Waals surface area (Å²) >= 11 is 0. The van der Waals surface area contributed by atoms with Crippen molar-refractivity contribution in [2.75, 3.05) is 13.1 Å². The molecule has 1 aliphatic rings. The first-order valence-corrected chi connectivity index (χ1v) is 4.95. The van der Waals surface area contributed by atoms with E-state index in [9.17, 15) is 4.79 Å². The normalized spacial score (nSPS) is 22.1. The highest BCUT2D eigenvalue weighted by atomic mass is 16.1. The highest BCUT2D eigenvalue weighted by molar-refractivity contribution is 5.92. The Morgan fingerprint density at radius 1 is 1.64 bits per heavy atom. The van der Waals surface area contributed by atoms with Crippen LogP contribution in [-0.4, -0.2) is 23.6 Å². The number of piperidine rings is 1. The molecule has 1 atom stereocenters. The average molecular weight is 193 g/mol. The summed E-state index contributed by atoms with van der Waals surface area (Å²) < 4.78 is 2.08. The van der Waals surface area contributed by atoms with E-state index in [1.807, 2.05) is 12.4 Å². The van der Waals surface area contributed by atoms with Crippen LogP contribution in [0, 0.1) is 0 Å². The second-order valence-corrected chi connectivity index (χ2v) is 3.71. The second kappa shape index (κ2) is 3.84. The van der Waals surface area contributed by atoms with Gasteiger partial charge in [0.15, 0.2) is 0 Å². The van der Waals surface area contributed by atoms with E-state index in [0.717, 1.165) is 13.1 Å². The van der Waals surface area contributed by atoms with E-state index in [-0.39, 0.29) is 5.91 Å². The van der Waals surface area contributed by atoms with Crippen molar-refractivity contribution in [1.82, 2.24) is 9.88 Å². The minimum atomic E-state index is -0.354. The molecule has 1 saturated heterocycles. The number of primary amides is 1. The van der Waals surface area contributed by atoms with Crippen molar-refractivity contribution in [1.29, 1.82) is 0 Å². The molecule has 2 heterocycles. The lowest BCUT2D eigenvalue weighted by Gasteiger charge is -2.24. The molecule has 1 aromatic heterocycles. The molecule has 1 fully saturated rings. The Balaban J connectivity index is 2.11. The van der Waals surface area contributed by atoms with Gasteiger partial charge in [0.05, 0.1) is 5.56 Å². The van der Waals surface area contributed by atoms with E-state index >= 15 is 0 Å². The molecule has 0 aliphatic carbocycles. The fourth-order valence-corrected chi connectivity index (χ4v) is 1.87. The van der Waals surface area contributed by atoms with Crippen molar-refractivity contribution in [3.05, 3.63) is 24.0 Å². The average Bonchev–Trinajstić information content (AvgIpc) is 2.68. The predicted octanol–water partition coefficient (Wildman–Crippen LogP) is 0.511. The third-order valence-corrected chi connectivity index (χ3v) is 2.69. The monoisotopic (exact) mass is 193 g/mol. The molecule has 0 bridgehead atoms. The van der Waals surface area contributed by atoms with Crippen molar-refractivity contribution < 1.29 is 4.79 Å². The molecule has 4 heteroatoms. The van der Waals surface area contributed by atoms with Crippen molar-refractivity contribution in [3.8, 4) is 0 Å². The number of nitrogens with one attached hydrogen (secondary N) is 1. The number of carbonyl (C=O) groups excluding carboxylic acids is 1. The van der Waals surface area contributed by atoms with Crippen molar-refractivity contribution in [3.63, 3.8) is 0 Å². The fraction of sp³-hybridized carbons (Fsp3) is 0.500. The van der Waals surface area contributed by atoms with Crippen LogP contribution in [0.25, 0.3) is 0 Å². The molecule has 76 valence electrons. The molecule has 4 nitrogen and oxygen atoms in total. The molecule has 1 aliphatic heterocycles. The van der Waals surface area contributed by atoms with Gasteiger partial charge in [-0.1, -0.05) is 0 Å². The Kier molecular flexibility index (Phi) is 2.54. The van der Waals surface area contributed by atoms with Gasteiger partial charge in [0, 0.05) is 25.0 Å². The van der Waals surface area contributed by atoms with E-state index in [0.29, 0.717) is 11.6 Å². The van der Waals surface area contributed by atoms with E-state index in [2.05, 4.69) is 9.88 Å².